The second kappa shape index (κ2) is 3.76. The van der Waals surface area contributed by atoms with Crippen molar-refractivity contribution in [3.05, 3.63) is 0 Å². The first-order valence-corrected chi connectivity index (χ1v) is 6.11. The molecular formula is C11H19N3O. The van der Waals surface area contributed by atoms with Crippen LogP contribution in [-0.4, -0.2) is 60.5 Å². The molecule has 0 aromatic rings. The smallest absolute Gasteiger partial charge is 0.240 e. The number of hydrogen-bond acceptors (Lipinski definition) is 3. The molecule has 0 bridgehead atoms. The van der Waals surface area contributed by atoms with Crippen molar-refractivity contribution in [1.29, 1.82) is 0 Å². The molecule has 2 heterocycles. The summed E-state index contributed by atoms with van der Waals surface area (Å²) in [6.45, 7) is 5.14. The number of rotatable bonds is 2. The van der Waals surface area contributed by atoms with Crippen LogP contribution >= 0.6 is 0 Å². The zero-order chi connectivity index (χ0) is 10.3. The Morgan fingerprint density at radius 1 is 1.07 bits per heavy atom. The largest absolute Gasteiger partial charge is 0.338 e. The molecule has 84 valence electrons. The third-order valence-corrected chi connectivity index (χ3v) is 3.79. The molecule has 0 aromatic heterocycles. The molecule has 0 spiro atoms. The molecule has 3 rings (SSSR count). The number of nitrogens with one attached hydrogen (secondary N) is 1. The highest BCUT2D eigenvalue weighted by molar-refractivity contribution is 5.84. The second-order valence-corrected chi connectivity index (χ2v) is 4.85. The van der Waals surface area contributed by atoms with E-state index in [1.54, 1.807) is 0 Å². The highest BCUT2D eigenvalue weighted by Gasteiger charge is 2.42. The number of piperazine rings is 1. The summed E-state index contributed by atoms with van der Waals surface area (Å²) in [7, 11) is 0. The Kier molecular flexibility index (Phi) is 2.41. The number of carbonyl (C=O) groups is 1. The first-order valence-electron chi connectivity index (χ1n) is 6.11. The molecule has 2 saturated heterocycles. The summed E-state index contributed by atoms with van der Waals surface area (Å²) < 4.78 is 0. The minimum absolute atomic E-state index is 0.202. The van der Waals surface area contributed by atoms with E-state index in [0.29, 0.717) is 11.9 Å². The van der Waals surface area contributed by atoms with Gasteiger partial charge >= 0.3 is 0 Å². The maximum Gasteiger partial charge on any atom is 0.240 e. The highest BCUT2D eigenvalue weighted by atomic mass is 16.2. The fourth-order valence-corrected chi connectivity index (χ4v) is 2.77. The van der Waals surface area contributed by atoms with E-state index in [9.17, 15) is 4.79 Å². The molecule has 4 heteroatoms. The van der Waals surface area contributed by atoms with E-state index in [0.717, 1.165) is 39.1 Å². The Bertz CT molecular complexity index is 259. The zero-order valence-electron chi connectivity index (χ0n) is 9.11. The molecule has 1 N–H and O–H groups in total. The van der Waals surface area contributed by atoms with Crippen LogP contribution in [0.3, 0.4) is 0 Å². The van der Waals surface area contributed by atoms with Crippen molar-refractivity contribution in [2.45, 2.75) is 31.3 Å². The first-order chi connectivity index (χ1) is 7.36. The summed E-state index contributed by atoms with van der Waals surface area (Å²) in [5.74, 6) is 0.402. The normalized spacial score (nSPS) is 33.7. The molecule has 1 aliphatic carbocycles. The molecule has 3 aliphatic rings. The maximum absolute atomic E-state index is 12.2. The van der Waals surface area contributed by atoms with Crippen LogP contribution in [0.1, 0.15) is 19.3 Å². The first kappa shape index (κ1) is 9.60. The standard InChI is InChI=1S/C11H19N3O/c15-11-10(13-7-4-12-5-8-13)3-6-14(11)9-1-2-9/h9-10,12H,1-8H2. The van der Waals surface area contributed by atoms with Gasteiger partial charge in [0, 0.05) is 38.8 Å². The van der Waals surface area contributed by atoms with Crippen molar-refractivity contribution in [1.82, 2.24) is 15.1 Å². The van der Waals surface area contributed by atoms with Crippen molar-refractivity contribution >= 4 is 5.91 Å². The molecule has 15 heavy (non-hydrogen) atoms. The van der Waals surface area contributed by atoms with Crippen molar-refractivity contribution < 1.29 is 4.79 Å². The van der Waals surface area contributed by atoms with Crippen molar-refractivity contribution in [3.8, 4) is 0 Å². The van der Waals surface area contributed by atoms with Crippen molar-refractivity contribution in [2.24, 2.45) is 0 Å². The molecular weight excluding hydrogens is 190 g/mol. The average Bonchev–Trinajstić information content (AvgIpc) is 3.04. The van der Waals surface area contributed by atoms with Gasteiger partial charge in [-0.15, -0.1) is 0 Å². The predicted octanol–water partition coefficient (Wildman–Crippen LogP) is -0.345. The fourth-order valence-electron chi connectivity index (χ4n) is 2.77. The number of carbonyl (C=O) groups excluding carboxylic acids is 1. The Balaban J connectivity index is 1.64. The van der Waals surface area contributed by atoms with Gasteiger partial charge in [-0.2, -0.15) is 0 Å². The number of amides is 1. The molecule has 1 saturated carbocycles. The Morgan fingerprint density at radius 2 is 1.80 bits per heavy atom. The Hall–Kier alpha value is -0.610. The van der Waals surface area contributed by atoms with Crippen molar-refractivity contribution in [3.63, 3.8) is 0 Å². The summed E-state index contributed by atoms with van der Waals surface area (Å²) in [5.41, 5.74) is 0. The van der Waals surface area contributed by atoms with E-state index in [-0.39, 0.29) is 6.04 Å². The molecule has 2 aliphatic heterocycles. The third kappa shape index (κ3) is 1.76. The quantitative estimate of drug-likeness (QED) is 0.675. The third-order valence-electron chi connectivity index (χ3n) is 3.79. The van der Waals surface area contributed by atoms with E-state index in [1.165, 1.54) is 12.8 Å². The van der Waals surface area contributed by atoms with Gasteiger partial charge in [0.1, 0.15) is 0 Å². The van der Waals surface area contributed by atoms with Gasteiger partial charge in [-0.25, -0.2) is 0 Å². The summed E-state index contributed by atoms with van der Waals surface area (Å²) >= 11 is 0. The van der Waals surface area contributed by atoms with Gasteiger partial charge in [-0.3, -0.25) is 9.69 Å². The molecule has 1 amide bonds. The van der Waals surface area contributed by atoms with E-state index in [2.05, 4.69) is 15.1 Å². The van der Waals surface area contributed by atoms with Crippen LogP contribution in [-0.2, 0) is 4.79 Å². The molecule has 3 fully saturated rings. The number of likely N-dealkylation sites (tertiary alicyclic amines) is 1. The summed E-state index contributed by atoms with van der Waals surface area (Å²) in [5, 5.41) is 3.33. The maximum atomic E-state index is 12.2. The lowest BCUT2D eigenvalue weighted by Gasteiger charge is -2.31. The molecule has 1 atom stereocenters. The lowest BCUT2D eigenvalue weighted by atomic mass is 10.2. The van der Waals surface area contributed by atoms with E-state index < -0.39 is 0 Å². The van der Waals surface area contributed by atoms with Gasteiger partial charge in [0.15, 0.2) is 0 Å². The molecule has 4 nitrogen and oxygen atoms in total. The monoisotopic (exact) mass is 209 g/mol. The van der Waals surface area contributed by atoms with E-state index in [4.69, 9.17) is 0 Å². The van der Waals surface area contributed by atoms with Crippen LogP contribution in [0.2, 0.25) is 0 Å². The molecule has 1 unspecified atom stereocenters. The van der Waals surface area contributed by atoms with Crippen LogP contribution in [0.5, 0.6) is 0 Å². The fraction of sp³-hybridized carbons (Fsp3) is 0.909. The van der Waals surface area contributed by atoms with Gasteiger partial charge in [0.2, 0.25) is 5.91 Å². The minimum atomic E-state index is 0.202. The molecule has 0 radical (unpaired) electrons. The average molecular weight is 209 g/mol. The molecule has 0 aromatic carbocycles. The minimum Gasteiger partial charge on any atom is -0.338 e. The lowest BCUT2D eigenvalue weighted by Crippen LogP contribution is -2.51. The van der Waals surface area contributed by atoms with E-state index in [1.807, 2.05) is 0 Å². The van der Waals surface area contributed by atoms with Crippen LogP contribution in [0.4, 0.5) is 0 Å². The van der Waals surface area contributed by atoms with Crippen LogP contribution < -0.4 is 5.32 Å². The Labute approximate surface area is 90.6 Å². The van der Waals surface area contributed by atoms with E-state index >= 15 is 0 Å². The van der Waals surface area contributed by atoms with Crippen LogP contribution in [0, 0.1) is 0 Å². The van der Waals surface area contributed by atoms with Crippen LogP contribution in [0.25, 0.3) is 0 Å². The summed E-state index contributed by atoms with van der Waals surface area (Å²) in [6, 6.07) is 0.804. The van der Waals surface area contributed by atoms with Crippen LogP contribution in [0.15, 0.2) is 0 Å². The Morgan fingerprint density at radius 3 is 2.47 bits per heavy atom. The van der Waals surface area contributed by atoms with Gasteiger partial charge in [0.05, 0.1) is 6.04 Å². The highest BCUT2D eigenvalue weighted by Crippen LogP contribution is 2.31. The summed E-state index contributed by atoms with van der Waals surface area (Å²) in [6.07, 6.45) is 3.52. The summed E-state index contributed by atoms with van der Waals surface area (Å²) in [4.78, 5) is 16.6. The van der Waals surface area contributed by atoms with Gasteiger partial charge < -0.3 is 10.2 Å². The van der Waals surface area contributed by atoms with Gasteiger partial charge in [-0.05, 0) is 19.3 Å². The van der Waals surface area contributed by atoms with Gasteiger partial charge in [-0.1, -0.05) is 0 Å². The topological polar surface area (TPSA) is 35.6 Å². The van der Waals surface area contributed by atoms with Gasteiger partial charge in [0.25, 0.3) is 0 Å². The number of hydrogen-bond donors (Lipinski definition) is 1. The SMILES string of the molecule is O=C1C(N2CCNCC2)CCN1C1CC1. The van der Waals surface area contributed by atoms with Crippen molar-refractivity contribution in [2.75, 3.05) is 32.7 Å². The second-order valence-electron chi connectivity index (χ2n) is 4.85. The predicted molar refractivity (Wildman–Crippen MR) is 57.6 cm³/mol. The number of nitrogens with zero attached hydrogens (tertiary/aromatic N) is 2. The lowest BCUT2D eigenvalue weighted by molar-refractivity contribution is -0.132. The zero-order valence-corrected chi connectivity index (χ0v) is 9.11.